The number of hydrogen-bond donors (Lipinski definition) is 0. The van der Waals surface area contributed by atoms with Crippen molar-refractivity contribution in [2.45, 2.75) is 18.2 Å². The van der Waals surface area contributed by atoms with Crippen molar-refractivity contribution < 1.29 is 14.5 Å². The molecule has 1 aromatic carbocycles. The van der Waals surface area contributed by atoms with Crippen LogP contribution in [0.3, 0.4) is 0 Å². The Bertz CT molecular complexity index is 520. The maximum absolute atomic E-state index is 11.8. The first kappa shape index (κ1) is 13.8. The number of ether oxygens (including phenoxy) is 1. The van der Waals surface area contributed by atoms with E-state index in [1.807, 2.05) is 0 Å². The molecule has 1 amide bonds. The van der Waals surface area contributed by atoms with Crippen LogP contribution in [-0.2, 0) is 4.79 Å². The van der Waals surface area contributed by atoms with Gasteiger partial charge in [-0.3, -0.25) is 14.9 Å². The van der Waals surface area contributed by atoms with Crippen molar-refractivity contribution >= 4 is 33.2 Å². The number of alkyl halides is 1. The highest BCUT2D eigenvalue weighted by Crippen LogP contribution is 2.35. The summed E-state index contributed by atoms with van der Waals surface area (Å²) in [5.74, 6) is 0.314. The average molecular weight is 329 g/mol. The van der Waals surface area contributed by atoms with Crippen LogP contribution in [0.4, 0.5) is 11.4 Å². The Morgan fingerprint density at radius 2 is 2.32 bits per heavy atom. The molecule has 0 saturated carbocycles. The molecule has 102 valence electrons. The molecule has 0 bridgehead atoms. The highest BCUT2D eigenvalue weighted by molar-refractivity contribution is 9.09. The van der Waals surface area contributed by atoms with E-state index in [2.05, 4.69) is 15.9 Å². The minimum atomic E-state index is -0.493. The van der Waals surface area contributed by atoms with E-state index in [9.17, 15) is 14.9 Å². The second kappa shape index (κ2) is 5.56. The standard InChI is InChI=1S/C12H13BrN2O4/c1-2-19-9-3-4-10(11(6-9)15(17)18)14-7-8(13)5-12(14)16/h3-4,6,8H,2,5,7H2,1H3. The lowest BCUT2D eigenvalue weighted by Gasteiger charge is -2.16. The lowest BCUT2D eigenvalue weighted by Crippen LogP contribution is -2.25. The van der Waals surface area contributed by atoms with Crippen molar-refractivity contribution in [3.8, 4) is 5.75 Å². The van der Waals surface area contributed by atoms with Gasteiger partial charge in [-0.1, -0.05) is 15.9 Å². The van der Waals surface area contributed by atoms with Crippen LogP contribution >= 0.6 is 15.9 Å². The summed E-state index contributed by atoms with van der Waals surface area (Å²) in [4.78, 5) is 23.9. The predicted octanol–water partition coefficient (Wildman–Crippen LogP) is 2.49. The maximum atomic E-state index is 11.8. The SMILES string of the molecule is CCOc1ccc(N2CC(Br)CC2=O)c([N+](=O)[O-])c1. The molecule has 0 N–H and O–H groups in total. The van der Waals surface area contributed by atoms with E-state index in [0.717, 1.165) is 0 Å². The minimum absolute atomic E-state index is 0.0335. The Kier molecular flexibility index (Phi) is 4.04. The minimum Gasteiger partial charge on any atom is -0.494 e. The molecule has 0 aromatic heterocycles. The summed E-state index contributed by atoms with van der Waals surface area (Å²) in [6.07, 6.45) is 0.352. The number of carbonyl (C=O) groups is 1. The zero-order valence-corrected chi connectivity index (χ0v) is 11.9. The summed E-state index contributed by atoms with van der Waals surface area (Å²) >= 11 is 3.36. The first-order valence-electron chi connectivity index (χ1n) is 5.88. The average Bonchev–Trinajstić information content (AvgIpc) is 2.68. The molecule has 1 heterocycles. The van der Waals surface area contributed by atoms with Gasteiger partial charge in [0.05, 0.1) is 17.6 Å². The van der Waals surface area contributed by atoms with Crippen LogP contribution in [0.2, 0.25) is 0 Å². The third-order valence-electron chi connectivity index (χ3n) is 2.82. The number of carbonyl (C=O) groups excluding carboxylic acids is 1. The van der Waals surface area contributed by atoms with E-state index in [4.69, 9.17) is 4.74 Å². The van der Waals surface area contributed by atoms with Crippen LogP contribution in [0, 0.1) is 10.1 Å². The summed E-state index contributed by atoms with van der Waals surface area (Å²) in [6.45, 7) is 2.68. The monoisotopic (exact) mass is 328 g/mol. The molecule has 1 atom stereocenters. The van der Waals surface area contributed by atoms with Gasteiger partial charge < -0.3 is 9.64 Å². The number of halogens is 1. The van der Waals surface area contributed by atoms with Crippen LogP contribution < -0.4 is 9.64 Å². The van der Waals surface area contributed by atoms with Gasteiger partial charge in [0, 0.05) is 17.8 Å². The fraction of sp³-hybridized carbons (Fsp3) is 0.417. The Balaban J connectivity index is 2.39. The van der Waals surface area contributed by atoms with E-state index >= 15 is 0 Å². The zero-order chi connectivity index (χ0) is 14.0. The van der Waals surface area contributed by atoms with Crippen molar-refractivity contribution in [3.05, 3.63) is 28.3 Å². The number of nitro groups is 1. The van der Waals surface area contributed by atoms with Crippen LogP contribution in [-0.4, -0.2) is 28.8 Å². The molecule has 0 spiro atoms. The normalized spacial score (nSPS) is 18.7. The van der Waals surface area contributed by atoms with Gasteiger partial charge in [0.15, 0.2) is 0 Å². The van der Waals surface area contributed by atoms with Crippen molar-refractivity contribution in [1.82, 2.24) is 0 Å². The van der Waals surface area contributed by atoms with Crippen LogP contribution in [0.25, 0.3) is 0 Å². The molecular formula is C12H13BrN2O4. The van der Waals surface area contributed by atoms with Gasteiger partial charge in [-0.05, 0) is 19.1 Å². The van der Waals surface area contributed by atoms with Crippen molar-refractivity contribution in [2.24, 2.45) is 0 Å². The largest absolute Gasteiger partial charge is 0.494 e. The number of nitro benzene ring substituents is 1. The molecule has 1 aliphatic rings. The summed E-state index contributed by atoms with van der Waals surface area (Å²) in [7, 11) is 0. The second-order valence-electron chi connectivity index (χ2n) is 4.15. The third-order valence-corrected chi connectivity index (χ3v) is 3.44. The third kappa shape index (κ3) is 2.86. The van der Waals surface area contributed by atoms with Crippen molar-refractivity contribution in [1.29, 1.82) is 0 Å². The van der Waals surface area contributed by atoms with Crippen molar-refractivity contribution in [2.75, 3.05) is 18.1 Å². The van der Waals surface area contributed by atoms with E-state index in [1.54, 1.807) is 19.1 Å². The number of amides is 1. The first-order valence-corrected chi connectivity index (χ1v) is 6.80. The van der Waals surface area contributed by atoms with E-state index in [0.29, 0.717) is 31.0 Å². The molecule has 1 saturated heterocycles. The molecule has 0 aliphatic carbocycles. The van der Waals surface area contributed by atoms with Gasteiger partial charge in [-0.2, -0.15) is 0 Å². The highest BCUT2D eigenvalue weighted by Gasteiger charge is 2.33. The van der Waals surface area contributed by atoms with Crippen LogP contribution in [0.1, 0.15) is 13.3 Å². The van der Waals surface area contributed by atoms with E-state index in [1.165, 1.54) is 11.0 Å². The summed E-state index contributed by atoms with van der Waals surface area (Å²) in [5, 5.41) is 11.1. The molecule has 2 rings (SSSR count). The van der Waals surface area contributed by atoms with Gasteiger partial charge >= 0.3 is 0 Å². The van der Waals surface area contributed by atoms with Crippen molar-refractivity contribution in [3.63, 3.8) is 0 Å². The smallest absolute Gasteiger partial charge is 0.296 e. The predicted molar refractivity (Wildman–Crippen MR) is 74.0 cm³/mol. The molecule has 0 radical (unpaired) electrons. The maximum Gasteiger partial charge on any atom is 0.296 e. The number of nitrogens with zero attached hydrogens (tertiary/aromatic N) is 2. The molecule has 19 heavy (non-hydrogen) atoms. The van der Waals surface area contributed by atoms with E-state index < -0.39 is 4.92 Å². The molecule has 7 heteroatoms. The highest BCUT2D eigenvalue weighted by atomic mass is 79.9. The van der Waals surface area contributed by atoms with E-state index in [-0.39, 0.29) is 16.4 Å². The lowest BCUT2D eigenvalue weighted by atomic mass is 10.2. The van der Waals surface area contributed by atoms with Gasteiger partial charge in [0.2, 0.25) is 5.91 Å². The molecule has 1 fully saturated rings. The van der Waals surface area contributed by atoms with Crippen LogP contribution in [0.5, 0.6) is 5.75 Å². The van der Waals surface area contributed by atoms with Gasteiger partial charge in [0.25, 0.3) is 5.69 Å². The van der Waals surface area contributed by atoms with Gasteiger partial charge in [-0.25, -0.2) is 0 Å². The van der Waals surface area contributed by atoms with Gasteiger partial charge in [0.1, 0.15) is 11.4 Å². The lowest BCUT2D eigenvalue weighted by molar-refractivity contribution is -0.384. The number of hydrogen-bond acceptors (Lipinski definition) is 4. The second-order valence-corrected chi connectivity index (χ2v) is 5.44. The Labute approximate surface area is 118 Å². The number of benzene rings is 1. The van der Waals surface area contributed by atoms with Gasteiger partial charge in [-0.15, -0.1) is 0 Å². The molecule has 1 aliphatic heterocycles. The topological polar surface area (TPSA) is 72.7 Å². The molecule has 6 nitrogen and oxygen atoms in total. The summed E-state index contributed by atoms with van der Waals surface area (Å²) in [5.41, 5.74) is 0.210. The summed E-state index contributed by atoms with van der Waals surface area (Å²) < 4.78 is 5.25. The number of anilines is 1. The quantitative estimate of drug-likeness (QED) is 0.483. The molecule has 1 unspecified atom stereocenters. The Morgan fingerprint density at radius 1 is 1.58 bits per heavy atom. The summed E-state index contributed by atoms with van der Waals surface area (Å²) in [6, 6.07) is 4.56. The Hall–Kier alpha value is -1.63. The zero-order valence-electron chi connectivity index (χ0n) is 10.3. The molecular weight excluding hydrogens is 316 g/mol. The Morgan fingerprint density at radius 3 is 2.84 bits per heavy atom. The first-order chi connectivity index (χ1) is 9.02. The fourth-order valence-corrected chi connectivity index (χ4v) is 2.60. The molecule has 1 aromatic rings. The fourth-order valence-electron chi connectivity index (χ4n) is 2.03. The number of rotatable bonds is 4. The van der Waals surface area contributed by atoms with Crippen LogP contribution in [0.15, 0.2) is 18.2 Å².